The molecule has 2 rings (SSSR count). The molecule has 7 nitrogen and oxygen atoms in total. The van der Waals surface area contributed by atoms with Crippen LogP contribution in [0.25, 0.3) is 0 Å². The second-order valence-electron chi connectivity index (χ2n) is 4.66. The van der Waals surface area contributed by atoms with Crippen molar-refractivity contribution in [3.8, 4) is 0 Å². The summed E-state index contributed by atoms with van der Waals surface area (Å²) in [6.07, 6.45) is -3.07. The van der Waals surface area contributed by atoms with Crippen LogP contribution < -0.4 is 0 Å². The van der Waals surface area contributed by atoms with E-state index in [1.807, 2.05) is 0 Å². The van der Waals surface area contributed by atoms with Crippen LogP contribution in [0.2, 0.25) is 0 Å². The van der Waals surface area contributed by atoms with Gasteiger partial charge >= 0.3 is 11.9 Å². The van der Waals surface area contributed by atoms with Crippen molar-refractivity contribution in [2.75, 3.05) is 0 Å². The van der Waals surface area contributed by atoms with Crippen molar-refractivity contribution in [1.82, 2.24) is 0 Å². The second-order valence-corrected chi connectivity index (χ2v) is 4.66. The molecule has 102 valence electrons. The van der Waals surface area contributed by atoms with Crippen LogP contribution >= 0.6 is 0 Å². The van der Waals surface area contributed by atoms with Crippen molar-refractivity contribution in [3.05, 3.63) is 0 Å². The molecule has 0 amide bonds. The summed E-state index contributed by atoms with van der Waals surface area (Å²) in [4.78, 5) is 21.9. The van der Waals surface area contributed by atoms with Gasteiger partial charge in [0.15, 0.2) is 18.0 Å². The van der Waals surface area contributed by atoms with Gasteiger partial charge in [0.2, 0.25) is 12.6 Å². The first kappa shape index (κ1) is 13.3. The van der Waals surface area contributed by atoms with Gasteiger partial charge < -0.3 is 18.9 Å². The molecule has 0 aromatic rings. The molecule has 0 N–H and O–H groups in total. The molecular weight excluding hydrogens is 244 g/mol. The summed E-state index contributed by atoms with van der Waals surface area (Å²) in [5, 5.41) is 0. The Morgan fingerprint density at radius 1 is 0.944 bits per heavy atom. The Labute approximate surface area is 104 Å². The summed E-state index contributed by atoms with van der Waals surface area (Å²) in [6, 6.07) is 0. The number of esters is 2. The Bertz CT molecular complexity index is 332. The zero-order valence-corrected chi connectivity index (χ0v) is 10.7. The number of ether oxygens (including phenoxy) is 5. The number of carbonyl (C=O) groups is 2. The van der Waals surface area contributed by atoms with Gasteiger partial charge in [-0.2, -0.15) is 0 Å². The molecular formula is C11H16O7. The molecule has 0 aromatic heterocycles. The number of rotatable bonds is 2. The molecule has 0 aromatic carbocycles. The minimum atomic E-state index is -0.932. The van der Waals surface area contributed by atoms with E-state index in [0.29, 0.717) is 0 Å². The van der Waals surface area contributed by atoms with Crippen molar-refractivity contribution in [2.45, 2.75) is 58.3 Å². The molecule has 7 heteroatoms. The third kappa shape index (κ3) is 2.63. The molecule has 0 radical (unpaired) electrons. The van der Waals surface area contributed by atoms with Gasteiger partial charge in [-0.1, -0.05) is 0 Å². The van der Waals surface area contributed by atoms with Crippen molar-refractivity contribution >= 4 is 11.9 Å². The largest absolute Gasteiger partial charge is 0.433 e. The first-order valence-corrected chi connectivity index (χ1v) is 5.64. The lowest BCUT2D eigenvalue weighted by atomic mass is 10.2. The highest BCUT2D eigenvalue weighted by Crippen LogP contribution is 2.39. The average molecular weight is 260 g/mol. The summed E-state index contributed by atoms with van der Waals surface area (Å²) in [7, 11) is 0. The summed E-state index contributed by atoms with van der Waals surface area (Å²) >= 11 is 0. The molecule has 2 saturated heterocycles. The van der Waals surface area contributed by atoms with Crippen LogP contribution in [0, 0.1) is 0 Å². The zero-order chi connectivity index (χ0) is 13.5. The van der Waals surface area contributed by atoms with E-state index in [9.17, 15) is 9.59 Å². The molecule has 2 heterocycles. The zero-order valence-electron chi connectivity index (χ0n) is 10.7. The van der Waals surface area contributed by atoms with Crippen LogP contribution in [-0.4, -0.2) is 42.5 Å². The standard InChI is InChI=1S/C11H16O7/c1-5(12)14-9-7-8(18-11(3,4)17-7)10(16-9)15-6(2)13/h7-10H,1-4H3/t7-,8+,9-,10+. The van der Waals surface area contributed by atoms with Gasteiger partial charge in [0, 0.05) is 13.8 Å². The Morgan fingerprint density at radius 3 is 1.67 bits per heavy atom. The van der Waals surface area contributed by atoms with Crippen LogP contribution in [0.1, 0.15) is 27.7 Å². The molecule has 18 heavy (non-hydrogen) atoms. The lowest BCUT2D eigenvalue weighted by Crippen LogP contribution is -2.32. The first-order valence-electron chi connectivity index (χ1n) is 5.64. The minimum absolute atomic E-state index is 0.504. The fraction of sp³-hybridized carbons (Fsp3) is 0.818. The van der Waals surface area contributed by atoms with Gasteiger partial charge in [0.05, 0.1) is 0 Å². The van der Waals surface area contributed by atoms with E-state index in [2.05, 4.69) is 0 Å². The average Bonchev–Trinajstić information content (AvgIpc) is 2.62. The quantitative estimate of drug-likeness (QED) is 0.661. The van der Waals surface area contributed by atoms with E-state index in [1.54, 1.807) is 13.8 Å². The predicted octanol–water partition coefficient (Wildman–Crippen LogP) is 0.315. The molecule has 2 aliphatic heterocycles. The Balaban J connectivity index is 2.12. The maximum atomic E-state index is 11.0. The number of hydrogen-bond donors (Lipinski definition) is 0. The minimum Gasteiger partial charge on any atom is -0.433 e. The van der Waals surface area contributed by atoms with E-state index >= 15 is 0 Å². The van der Waals surface area contributed by atoms with Gasteiger partial charge in [-0.05, 0) is 13.8 Å². The lowest BCUT2D eigenvalue weighted by Gasteiger charge is -2.23. The van der Waals surface area contributed by atoms with E-state index in [4.69, 9.17) is 23.7 Å². The van der Waals surface area contributed by atoms with Crippen molar-refractivity contribution in [3.63, 3.8) is 0 Å². The summed E-state index contributed by atoms with van der Waals surface area (Å²) in [5.41, 5.74) is 0. The molecule has 0 aliphatic carbocycles. The van der Waals surface area contributed by atoms with Gasteiger partial charge in [0.1, 0.15) is 0 Å². The molecule has 0 bridgehead atoms. The summed E-state index contributed by atoms with van der Waals surface area (Å²) < 4.78 is 26.4. The monoisotopic (exact) mass is 260 g/mol. The summed E-state index contributed by atoms with van der Waals surface area (Å²) in [6.45, 7) is 5.97. The SMILES string of the molecule is CC(=O)O[C@H]1O[C@@H](OC(C)=O)[C@@H]2OC(C)(C)O[C@H]12. The Morgan fingerprint density at radius 2 is 1.33 bits per heavy atom. The van der Waals surface area contributed by atoms with Crippen molar-refractivity contribution in [1.29, 1.82) is 0 Å². The second kappa shape index (κ2) is 4.49. The Hall–Kier alpha value is -1.18. The molecule has 2 aliphatic rings. The highest BCUT2D eigenvalue weighted by atomic mass is 16.9. The molecule has 0 spiro atoms. The first-order chi connectivity index (χ1) is 8.28. The van der Waals surface area contributed by atoms with Gasteiger partial charge in [-0.15, -0.1) is 0 Å². The fourth-order valence-corrected chi connectivity index (χ4v) is 2.04. The highest BCUT2D eigenvalue weighted by molar-refractivity contribution is 5.66. The van der Waals surface area contributed by atoms with E-state index in [-0.39, 0.29) is 0 Å². The number of hydrogen-bond acceptors (Lipinski definition) is 7. The predicted molar refractivity (Wildman–Crippen MR) is 56.0 cm³/mol. The maximum absolute atomic E-state index is 11.0. The van der Waals surface area contributed by atoms with Crippen LogP contribution in [-0.2, 0) is 33.3 Å². The third-order valence-corrected chi connectivity index (χ3v) is 2.53. The Kier molecular flexibility index (Phi) is 3.31. The maximum Gasteiger partial charge on any atom is 0.305 e. The molecule has 2 fully saturated rings. The highest BCUT2D eigenvalue weighted by Gasteiger charge is 2.58. The smallest absolute Gasteiger partial charge is 0.305 e. The lowest BCUT2D eigenvalue weighted by molar-refractivity contribution is -0.264. The topological polar surface area (TPSA) is 80.3 Å². The van der Waals surface area contributed by atoms with E-state index in [0.717, 1.165) is 0 Å². The van der Waals surface area contributed by atoms with Gasteiger partial charge in [-0.3, -0.25) is 14.3 Å². The normalized spacial score (nSPS) is 37.1. The third-order valence-electron chi connectivity index (χ3n) is 2.53. The van der Waals surface area contributed by atoms with E-state index < -0.39 is 42.5 Å². The van der Waals surface area contributed by atoms with Crippen LogP contribution in [0.3, 0.4) is 0 Å². The summed E-state index contributed by atoms with van der Waals surface area (Å²) in [5.74, 6) is -1.85. The van der Waals surface area contributed by atoms with Gasteiger partial charge in [-0.25, -0.2) is 0 Å². The van der Waals surface area contributed by atoms with Crippen LogP contribution in [0.4, 0.5) is 0 Å². The molecule has 4 atom stereocenters. The van der Waals surface area contributed by atoms with Crippen molar-refractivity contribution < 1.29 is 33.3 Å². The van der Waals surface area contributed by atoms with Crippen LogP contribution in [0.5, 0.6) is 0 Å². The van der Waals surface area contributed by atoms with Crippen molar-refractivity contribution in [2.24, 2.45) is 0 Å². The van der Waals surface area contributed by atoms with Gasteiger partial charge in [0.25, 0.3) is 0 Å². The van der Waals surface area contributed by atoms with Crippen LogP contribution in [0.15, 0.2) is 0 Å². The molecule has 0 unspecified atom stereocenters. The number of fused-ring (bicyclic) bond motifs is 1. The molecule has 0 saturated carbocycles. The fourth-order valence-electron chi connectivity index (χ4n) is 2.04. The number of carbonyl (C=O) groups excluding carboxylic acids is 2. The van der Waals surface area contributed by atoms with E-state index in [1.165, 1.54) is 13.8 Å².